The predicted octanol–water partition coefficient (Wildman–Crippen LogP) is 11.1. The zero-order chi connectivity index (χ0) is 60.3. The van der Waals surface area contributed by atoms with Gasteiger partial charge in [0.05, 0.1) is 66.0 Å². The highest BCUT2D eigenvalue weighted by molar-refractivity contribution is 5.77. The fourth-order valence-electron chi connectivity index (χ4n) is 3.99. The number of rotatable bonds is 11. The van der Waals surface area contributed by atoms with Crippen molar-refractivity contribution in [3.05, 3.63) is 35.9 Å². The fraction of sp³-hybridized carbons (Fsp3) is 0.776. The van der Waals surface area contributed by atoms with Crippen molar-refractivity contribution in [2.24, 2.45) is 32.5 Å². The molecular formula is C58H109NO16. The van der Waals surface area contributed by atoms with Crippen LogP contribution in [0.5, 0.6) is 0 Å². The van der Waals surface area contributed by atoms with E-state index >= 15 is 0 Å². The molecule has 1 aliphatic rings. The number of benzene rings is 1. The van der Waals surface area contributed by atoms with Gasteiger partial charge < -0.3 is 47.5 Å². The van der Waals surface area contributed by atoms with E-state index in [1.165, 1.54) is 51.9 Å². The van der Waals surface area contributed by atoms with Gasteiger partial charge in [-0.1, -0.05) is 42.3 Å². The van der Waals surface area contributed by atoms with E-state index in [2.05, 4.69) is 40.5 Å². The maximum absolute atomic E-state index is 11.1. The minimum atomic E-state index is -0.504. The first-order chi connectivity index (χ1) is 34.0. The number of nitrogens with zero attached hydrogens (tertiary/aromatic N) is 1. The van der Waals surface area contributed by atoms with Crippen LogP contribution in [0.2, 0.25) is 0 Å². The van der Waals surface area contributed by atoms with Crippen molar-refractivity contribution in [1.82, 2.24) is 4.90 Å². The minimum Gasteiger partial charge on any atom is -0.469 e. The van der Waals surface area contributed by atoms with Crippen molar-refractivity contribution in [3.63, 3.8) is 0 Å². The summed E-state index contributed by atoms with van der Waals surface area (Å²) in [7, 11) is 6.74. The molecule has 0 N–H and O–H groups in total. The van der Waals surface area contributed by atoms with Crippen LogP contribution in [-0.4, -0.2) is 141 Å². The molecule has 0 unspecified atom stereocenters. The SMILES string of the molecule is CC(=O)OCCOC(=O)C(C)(C)C.CCOC(=O)C(C)(C)C.CCOC(=O)C(C)(C)C.CN1CCCCC1.COC(=O)C(C)(C)C.COCCOC(=O)C(C)(C)C.COCCOC(=O)C(C)(C)C.Cc1ccccc1. The number of piperidine rings is 1. The van der Waals surface area contributed by atoms with Crippen LogP contribution in [0.25, 0.3) is 0 Å². The van der Waals surface area contributed by atoms with E-state index in [0.29, 0.717) is 39.6 Å². The molecule has 1 aromatic carbocycles. The number of ether oxygens (including phenoxy) is 9. The van der Waals surface area contributed by atoms with Gasteiger partial charge in [0.25, 0.3) is 0 Å². The standard InChI is InChI=1S/C9H16O4.2C8H16O3.2C7H14O2.C7H8.C6H13N.C6H12O2/c1-7(10)12-5-6-13-8(11)9(2,3)4;2*1-8(2,3)7(9)11-6-5-10-4;2*1-5-9-6(8)7(2,3)4;2*1-7-5-3-2-4-6-7;1-6(2,3)5(7)8-4/h5-6H2,1-4H3;2*5-6H2,1-4H3;2*5H2,1-4H3;2-6H,1H3;2-6H2,1H3;1-4H3. The third kappa shape index (κ3) is 60.1. The molecule has 17 heteroatoms. The number of carbonyl (C=O) groups is 7. The second-order valence-electron chi connectivity index (χ2n) is 23.2. The van der Waals surface area contributed by atoms with Crippen LogP contribution < -0.4 is 0 Å². The molecule has 0 aromatic heterocycles. The van der Waals surface area contributed by atoms with Gasteiger partial charge in [-0.15, -0.1) is 0 Å². The smallest absolute Gasteiger partial charge is 0.311 e. The number of esters is 7. The summed E-state index contributed by atoms with van der Waals surface area (Å²) in [4.78, 5) is 78.3. The van der Waals surface area contributed by atoms with E-state index in [-0.39, 0.29) is 71.2 Å². The van der Waals surface area contributed by atoms with Crippen molar-refractivity contribution in [3.8, 4) is 0 Å². The lowest BCUT2D eigenvalue weighted by molar-refractivity contribution is -0.157. The van der Waals surface area contributed by atoms with Crippen LogP contribution in [0.3, 0.4) is 0 Å². The molecule has 1 saturated heterocycles. The summed E-state index contributed by atoms with van der Waals surface area (Å²) in [5.74, 6) is -1.47. The summed E-state index contributed by atoms with van der Waals surface area (Å²) >= 11 is 0. The highest BCUT2D eigenvalue weighted by Crippen LogP contribution is 2.18. The van der Waals surface area contributed by atoms with E-state index in [0.717, 1.165) is 0 Å². The van der Waals surface area contributed by atoms with Gasteiger partial charge in [0.2, 0.25) is 0 Å². The van der Waals surface area contributed by atoms with Gasteiger partial charge in [0, 0.05) is 21.1 Å². The Labute approximate surface area is 455 Å². The third-order valence-electron chi connectivity index (χ3n) is 8.59. The Balaban J connectivity index is -0.000000183. The van der Waals surface area contributed by atoms with Gasteiger partial charge in [0.1, 0.15) is 26.4 Å². The molecule has 1 aromatic rings. The number of aryl methyl sites for hydroxylation is 1. The Hall–Kier alpha value is -4.61. The van der Waals surface area contributed by atoms with Crippen LogP contribution in [0.1, 0.15) is 170 Å². The summed E-state index contributed by atoms with van der Waals surface area (Å²) in [5.41, 5.74) is -1.05. The van der Waals surface area contributed by atoms with Crippen molar-refractivity contribution in [2.45, 2.75) is 172 Å². The topological polar surface area (TPSA) is 206 Å². The first-order valence-corrected chi connectivity index (χ1v) is 25.8. The summed E-state index contributed by atoms with van der Waals surface area (Å²) in [6.45, 7) is 45.1. The van der Waals surface area contributed by atoms with Crippen LogP contribution in [0.4, 0.5) is 0 Å². The van der Waals surface area contributed by atoms with E-state index in [1.54, 1.807) is 35.0 Å². The molecule has 17 nitrogen and oxygen atoms in total. The molecular weight excluding hydrogens is 967 g/mol. The van der Waals surface area contributed by atoms with Gasteiger partial charge in [-0.2, -0.15) is 0 Å². The number of methoxy groups -OCH3 is 3. The number of hydrogen-bond acceptors (Lipinski definition) is 17. The summed E-state index contributed by atoms with van der Waals surface area (Å²) in [6, 6.07) is 10.3. The largest absolute Gasteiger partial charge is 0.469 e. The molecule has 442 valence electrons. The quantitative estimate of drug-likeness (QED) is 0.115. The third-order valence-corrected chi connectivity index (χ3v) is 8.59. The summed E-state index contributed by atoms with van der Waals surface area (Å²) in [6.07, 6.45) is 4.28. The highest BCUT2D eigenvalue weighted by Gasteiger charge is 2.25. The van der Waals surface area contributed by atoms with Crippen molar-refractivity contribution < 1.29 is 76.2 Å². The Kier molecular flexibility index (Phi) is 48.5. The lowest BCUT2D eigenvalue weighted by atomic mass is 9.97. The Morgan fingerprint density at radius 1 is 0.413 bits per heavy atom. The van der Waals surface area contributed by atoms with Crippen molar-refractivity contribution in [2.75, 3.05) is 94.3 Å². The van der Waals surface area contributed by atoms with Crippen LogP contribution in [0.15, 0.2) is 30.3 Å². The zero-order valence-corrected chi connectivity index (χ0v) is 52.1. The summed E-state index contributed by atoms with van der Waals surface area (Å²) < 4.78 is 42.7. The fourth-order valence-corrected chi connectivity index (χ4v) is 3.99. The molecule has 1 aliphatic heterocycles. The van der Waals surface area contributed by atoms with Crippen LogP contribution >= 0.6 is 0 Å². The molecule has 0 spiro atoms. The lowest BCUT2D eigenvalue weighted by Crippen LogP contribution is -2.24. The van der Waals surface area contributed by atoms with Gasteiger partial charge in [-0.25, -0.2) is 0 Å². The van der Waals surface area contributed by atoms with E-state index in [9.17, 15) is 33.6 Å². The van der Waals surface area contributed by atoms with Gasteiger partial charge in [-0.05, 0) is 178 Å². The van der Waals surface area contributed by atoms with E-state index in [1.807, 2.05) is 136 Å². The molecule has 1 heterocycles. The van der Waals surface area contributed by atoms with E-state index < -0.39 is 16.2 Å². The summed E-state index contributed by atoms with van der Waals surface area (Å²) in [5, 5.41) is 0. The predicted molar refractivity (Wildman–Crippen MR) is 298 cm³/mol. The number of carbonyl (C=O) groups excluding carboxylic acids is 7. The Morgan fingerprint density at radius 3 is 0.840 bits per heavy atom. The molecule has 0 atom stereocenters. The molecule has 0 saturated carbocycles. The van der Waals surface area contributed by atoms with Gasteiger partial charge >= 0.3 is 41.8 Å². The van der Waals surface area contributed by atoms with Gasteiger partial charge in [0.15, 0.2) is 0 Å². The Bertz CT molecular complexity index is 1570. The zero-order valence-electron chi connectivity index (χ0n) is 52.1. The highest BCUT2D eigenvalue weighted by atomic mass is 16.6. The maximum atomic E-state index is 11.1. The first-order valence-electron chi connectivity index (χ1n) is 25.8. The average molecular weight is 1080 g/mol. The van der Waals surface area contributed by atoms with Crippen LogP contribution in [0, 0.1) is 39.4 Å². The van der Waals surface area contributed by atoms with Gasteiger partial charge in [-0.3, -0.25) is 33.6 Å². The second-order valence-corrected chi connectivity index (χ2v) is 23.2. The van der Waals surface area contributed by atoms with Crippen molar-refractivity contribution >= 4 is 41.8 Å². The Morgan fingerprint density at radius 2 is 0.680 bits per heavy atom. The molecule has 75 heavy (non-hydrogen) atoms. The van der Waals surface area contributed by atoms with Crippen molar-refractivity contribution in [1.29, 1.82) is 0 Å². The second kappa shape index (κ2) is 44.5. The normalized spacial score (nSPS) is 12.2. The first kappa shape index (κ1) is 81.7. The molecule has 0 aliphatic carbocycles. The molecule has 0 radical (unpaired) electrons. The molecule has 1 fully saturated rings. The molecule has 0 bridgehead atoms. The maximum Gasteiger partial charge on any atom is 0.311 e. The lowest BCUT2D eigenvalue weighted by Gasteiger charge is -2.20. The number of hydrogen-bond donors (Lipinski definition) is 0. The average Bonchev–Trinajstić information content (AvgIpc) is 3.28. The van der Waals surface area contributed by atoms with E-state index in [4.69, 9.17) is 33.2 Å². The monoisotopic (exact) mass is 1080 g/mol. The minimum absolute atomic E-state index is 0.121. The molecule has 0 amide bonds. The van der Waals surface area contributed by atoms with Crippen LogP contribution in [-0.2, 0) is 76.2 Å². The number of likely N-dealkylation sites (tertiary alicyclic amines) is 1. The molecule has 2 rings (SSSR count).